The number of hydrogen-bond donors (Lipinski definition) is 0. The van der Waals surface area contributed by atoms with E-state index in [0.29, 0.717) is 0 Å². The molecular weight excluding hydrogens is 115 g/mol. The first-order valence-corrected chi connectivity index (χ1v) is 2.35. The molecule has 1 aliphatic carbocycles. The molecular formula is C4H3ClO2. The molecule has 0 amide bonds. The van der Waals surface area contributed by atoms with E-state index in [9.17, 15) is 9.59 Å². The zero-order valence-electron chi connectivity index (χ0n) is 3.48. The van der Waals surface area contributed by atoms with Gasteiger partial charge in [-0.1, -0.05) is 0 Å². The Kier molecular flexibility index (Phi) is 0.889. The largest absolute Gasteiger partial charge is 0.297 e. The Bertz CT molecular complexity index is 116. The molecule has 0 radical (unpaired) electrons. The van der Waals surface area contributed by atoms with Crippen LogP contribution in [-0.2, 0) is 9.59 Å². The van der Waals surface area contributed by atoms with E-state index < -0.39 is 5.38 Å². The van der Waals surface area contributed by atoms with Gasteiger partial charge in [0, 0.05) is 0 Å². The van der Waals surface area contributed by atoms with Crippen LogP contribution in [-0.4, -0.2) is 16.9 Å². The lowest BCUT2D eigenvalue weighted by Crippen LogP contribution is -2.38. The Balaban J connectivity index is 2.59. The Hall–Kier alpha value is -0.370. The number of Topliss-reactive ketones (excluding diaryl/α,β-unsaturated/α-hetero) is 2. The SMILES string of the molecule is O=C1CC(=O)C1Cl. The first-order valence-electron chi connectivity index (χ1n) is 1.91. The third kappa shape index (κ3) is 0.548. The smallest absolute Gasteiger partial charge is 0.165 e. The van der Waals surface area contributed by atoms with Gasteiger partial charge in [-0.05, 0) is 0 Å². The lowest BCUT2D eigenvalue weighted by molar-refractivity contribution is -0.136. The summed E-state index contributed by atoms with van der Waals surface area (Å²) in [6.07, 6.45) is 0.0498. The summed E-state index contributed by atoms with van der Waals surface area (Å²) in [6, 6.07) is 0. The Morgan fingerprint density at radius 2 is 1.86 bits per heavy atom. The predicted octanol–water partition coefficient (Wildman–Crippen LogP) is 0.136. The van der Waals surface area contributed by atoms with Crippen LogP contribution in [0.2, 0.25) is 0 Å². The fraction of sp³-hybridized carbons (Fsp3) is 0.500. The summed E-state index contributed by atoms with van der Waals surface area (Å²) in [5, 5.41) is -0.806. The summed E-state index contributed by atoms with van der Waals surface area (Å²) in [7, 11) is 0. The molecule has 0 aromatic heterocycles. The van der Waals surface area contributed by atoms with Crippen molar-refractivity contribution < 1.29 is 9.59 Å². The normalized spacial score (nSPS) is 22.4. The summed E-state index contributed by atoms with van der Waals surface area (Å²) in [6.45, 7) is 0. The van der Waals surface area contributed by atoms with Crippen molar-refractivity contribution >= 4 is 23.2 Å². The van der Waals surface area contributed by atoms with Gasteiger partial charge in [0.15, 0.2) is 16.9 Å². The molecule has 0 unspecified atom stereocenters. The van der Waals surface area contributed by atoms with Crippen molar-refractivity contribution in [3.8, 4) is 0 Å². The highest BCUT2D eigenvalue weighted by Crippen LogP contribution is 2.15. The van der Waals surface area contributed by atoms with Gasteiger partial charge >= 0.3 is 0 Å². The summed E-state index contributed by atoms with van der Waals surface area (Å²) in [4.78, 5) is 20.2. The fourth-order valence-electron chi connectivity index (χ4n) is 0.399. The van der Waals surface area contributed by atoms with E-state index in [2.05, 4.69) is 0 Å². The summed E-state index contributed by atoms with van der Waals surface area (Å²) >= 11 is 5.15. The first-order chi connectivity index (χ1) is 3.22. The van der Waals surface area contributed by atoms with E-state index in [0.717, 1.165) is 0 Å². The van der Waals surface area contributed by atoms with Gasteiger partial charge in [-0.3, -0.25) is 9.59 Å². The molecule has 0 aromatic rings. The van der Waals surface area contributed by atoms with Crippen LogP contribution in [0.25, 0.3) is 0 Å². The van der Waals surface area contributed by atoms with Gasteiger partial charge in [0.05, 0.1) is 6.42 Å². The third-order valence-corrected chi connectivity index (χ3v) is 1.40. The molecule has 2 nitrogen and oxygen atoms in total. The number of hydrogen-bond acceptors (Lipinski definition) is 2. The van der Waals surface area contributed by atoms with E-state index in [1.165, 1.54) is 0 Å². The highest BCUT2D eigenvalue weighted by Gasteiger charge is 2.35. The molecule has 0 aliphatic heterocycles. The van der Waals surface area contributed by atoms with Crippen LogP contribution in [0.1, 0.15) is 6.42 Å². The maximum Gasteiger partial charge on any atom is 0.165 e. The van der Waals surface area contributed by atoms with Crippen LogP contribution in [0.4, 0.5) is 0 Å². The molecule has 7 heavy (non-hydrogen) atoms. The lowest BCUT2D eigenvalue weighted by atomic mass is 9.96. The van der Waals surface area contributed by atoms with E-state index in [1.54, 1.807) is 0 Å². The standard InChI is InChI=1S/C4H3ClO2/c5-4-2(6)1-3(4)7/h4H,1H2. The predicted molar refractivity (Wildman–Crippen MR) is 24.3 cm³/mol. The minimum absolute atomic E-state index is 0.0498. The third-order valence-electron chi connectivity index (χ3n) is 0.914. The van der Waals surface area contributed by atoms with Gasteiger partial charge in [-0.2, -0.15) is 0 Å². The maximum atomic E-state index is 10.1. The van der Waals surface area contributed by atoms with Crippen LogP contribution in [0.15, 0.2) is 0 Å². The number of halogens is 1. The van der Waals surface area contributed by atoms with Gasteiger partial charge in [-0.25, -0.2) is 0 Å². The Morgan fingerprint density at radius 3 is 1.86 bits per heavy atom. The van der Waals surface area contributed by atoms with Crippen LogP contribution in [0.5, 0.6) is 0 Å². The van der Waals surface area contributed by atoms with Crippen molar-refractivity contribution in [2.24, 2.45) is 0 Å². The van der Waals surface area contributed by atoms with Crippen molar-refractivity contribution in [1.82, 2.24) is 0 Å². The van der Waals surface area contributed by atoms with Gasteiger partial charge < -0.3 is 0 Å². The summed E-state index contributed by atoms with van der Waals surface area (Å²) in [5.74, 6) is -0.293. The fourth-order valence-corrected chi connectivity index (χ4v) is 0.554. The monoisotopic (exact) mass is 118 g/mol. The first kappa shape index (κ1) is 4.78. The summed E-state index contributed by atoms with van der Waals surface area (Å²) in [5.41, 5.74) is 0. The molecule has 1 saturated carbocycles. The molecule has 1 aliphatic rings. The molecule has 1 rings (SSSR count). The lowest BCUT2D eigenvalue weighted by Gasteiger charge is -2.13. The second-order valence-corrected chi connectivity index (χ2v) is 1.91. The van der Waals surface area contributed by atoms with Crippen LogP contribution in [0, 0.1) is 0 Å². The second kappa shape index (κ2) is 1.30. The molecule has 0 spiro atoms. The zero-order valence-corrected chi connectivity index (χ0v) is 4.23. The Morgan fingerprint density at radius 1 is 1.43 bits per heavy atom. The average Bonchev–Trinajstić information content (AvgIpc) is 1.68. The molecule has 0 N–H and O–H groups in total. The van der Waals surface area contributed by atoms with Gasteiger partial charge in [0.2, 0.25) is 0 Å². The van der Waals surface area contributed by atoms with Crippen molar-refractivity contribution in [1.29, 1.82) is 0 Å². The molecule has 38 valence electrons. The maximum absolute atomic E-state index is 10.1. The number of ketones is 2. The molecule has 0 bridgehead atoms. The highest BCUT2D eigenvalue weighted by molar-refractivity contribution is 6.50. The minimum Gasteiger partial charge on any atom is -0.297 e. The van der Waals surface area contributed by atoms with Crippen LogP contribution < -0.4 is 0 Å². The van der Waals surface area contributed by atoms with E-state index in [1.807, 2.05) is 0 Å². The number of rotatable bonds is 0. The van der Waals surface area contributed by atoms with E-state index in [4.69, 9.17) is 11.6 Å². The molecule has 3 heteroatoms. The molecule has 0 heterocycles. The summed E-state index contributed by atoms with van der Waals surface area (Å²) < 4.78 is 0. The van der Waals surface area contributed by atoms with Crippen LogP contribution in [0.3, 0.4) is 0 Å². The van der Waals surface area contributed by atoms with E-state index in [-0.39, 0.29) is 18.0 Å². The quantitative estimate of drug-likeness (QED) is 0.335. The van der Waals surface area contributed by atoms with E-state index >= 15 is 0 Å². The van der Waals surface area contributed by atoms with Crippen molar-refractivity contribution in [2.45, 2.75) is 11.8 Å². The van der Waals surface area contributed by atoms with Crippen molar-refractivity contribution in [3.05, 3.63) is 0 Å². The zero-order chi connectivity index (χ0) is 5.44. The minimum atomic E-state index is -0.806. The van der Waals surface area contributed by atoms with Crippen LogP contribution >= 0.6 is 11.6 Å². The second-order valence-electron chi connectivity index (χ2n) is 1.47. The van der Waals surface area contributed by atoms with Gasteiger partial charge in [0.1, 0.15) is 0 Å². The number of alkyl halides is 1. The number of carbonyl (C=O) groups is 2. The highest BCUT2D eigenvalue weighted by atomic mass is 35.5. The molecule has 0 saturated heterocycles. The van der Waals surface area contributed by atoms with Crippen molar-refractivity contribution in [2.75, 3.05) is 0 Å². The molecule has 0 atom stereocenters. The molecule has 1 fully saturated rings. The van der Waals surface area contributed by atoms with Crippen molar-refractivity contribution in [3.63, 3.8) is 0 Å². The Labute approximate surface area is 45.5 Å². The van der Waals surface area contributed by atoms with Gasteiger partial charge in [-0.15, -0.1) is 11.6 Å². The topological polar surface area (TPSA) is 34.1 Å². The average molecular weight is 119 g/mol. The number of carbonyl (C=O) groups excluding carboxylic acids is 2. The molecule has 0 aromatic carbocycles. The van der Waals surface area contributed by atoms with Gasteiger partial charge in [0.25, 0.3) is 0 Å².